The average Bonchev–Trinajstić information content (AvgIpc) is 2.42. The molecule has 1 atom stereocenters. The van der Waals surface area contributed by atoms with Crippen molar-refractivity contribution in [1.82, 2.24) is 0 Å². The fourth-order valence-corrected chi connectivity index (χ4v) is 2.44. The molecule has 106 valence electrons. The van der Waals surface area contributed by atoms with Gasteiger partial charge >= 0.3 is 0 Å². The topological polar surface area (TPSA) is 20.2 Å². The first-order chi connectivity index (χ1) is 9.39. The third-order valence-corrected chi connectivity index (χ3v) is 4.29. The molecule has 0 aromatic heterocycles. The van der Waals surface area contributed by atoms with E-state index in [4.69, 9.17) is 0 Å². The zero-order valence-electron chi connectivity index (χ0n) is 11.6. The van der Waals surface area contributed by atoms with Crippen LogP contribution in [0.3, 0.4) is 0 Å². The van der Waals surface area contributed by atoms with Crippen LogP contribution in [0.1, 0.15) is 25.0 Å². The van der Waals surface area contributed by atoms with Gasteiger partial charge < -0.3 is 5.11 Å². The molecule has 2 aromatic rings. The van der Waals surface area contributed by atoms with E-state index < -0.39 is 11.5 Å². The van der Waals surface area contributed by atoms with Crippen LogP contribution >= 0.6 is 15.9 Å². The molecule has 20 heavy (non-hydrogen) atoms. The van der Waals surface area contributed by atoms with Crippen molar-refractivity contribution < 1.29 is 9.50 Å². The Morgan fingerprint density at radius 2 is 1.60 bits per heavy atom. The molecule has 1 N–H and O–H groups in total. The normalized spacial score (nSPS) is 13.2. The van der Waals surface area contributed by atoms with E-state index in [0.717, 1.165) is 15.6 Å². The molecule has 0 aliphatic carbocycles. The summed E-state index contributed by atoms with van der Waals surface area (Å²) in [4.78, 5) is 0. The Kier molecular flexibility index (Phi) is 4.61. The maximum absolute atomic E-state index is 13.0. The Morgan fingerprint density at radius 3 is 2.15 bits per heavy atom. The number of aliphatic hydroxyl groups is 1. The quantitative estimate of drug-likeness (QED) is 0.873. The largest absolute Gasteiger partial charge is 0.392 e. The van der Waals surface area contributed by atoms with Gasteiger partial charge in [0.2, 0.25) is 0 Å². The Balaban J connectivity index is 2.16. The highest BCUT2D eigenvalue weighted by molar-refractivity contribution is 9.10. The van der Waals surface area contributed by atoms with Crippen molar-refractivity contribution in [2.75, 3.05) is 0 Å². The maximum Gasteiger partial charge on any atom is 0.123 e. The number of halogens is 2. The van der Waals surface area contributed by atoms with E-state index in [1.165, 1.54) is 12.1 Å². The summed E-state index contributed by atoms with van der Waals surface area (Å²) in [5, 5.41) is 10.5. The lowest BCUT2D eigenvalue weighted by molar-refractivity contribution is 0.0999. The second-order valence-corrected chi connectivity index (χ2v) is 6.49. The third kappa shape index (κ3) is 3.47. The molecule has 3 heteroatoms. The van der Waals surface area contributed by atoms with Gasteiger partial charge in [-0.15, -0.1) is 0 Å². The van der Waals surface area contributed by atoms with Crippen molar-refractivity contribution in [2.45, 2.75) is 31.8 Å². The van der Waals surface area contributed by atoms with Gasteiger partial charge in [-0.1, -0.05) is 54.0 Å². The van der Waals surface area contributed by atoms with E-state index >= 15 is 0 Å². The smallest absolute Gasteiger partial charge is 0.123 e. The highest BCUT2D eigenvalue weighted by Gasteiger charge is 2.29. The van der Waals surface area contributed by atoms with Crippen LogP contribution in [-0.2, 0) is 11.8 Å². The Labute approximate surface area is 127 Å². The van der Waals surface area contributed by atoms with E-state index in [0.29, 0.717) is 6.42 Å². The van der Waals surface area contributed by atoms with E-state index in [9.17, 15) is 9.50 Å². The molecule has 2 aromatic carbocycles. The molecule has 1 unspecified atom stereocenters. The molecule has 0 aliphatic heterocycles. The van der Waals surface area contributed by atoms with Gasteiger partial charge in [0.05, 0.1) is 6.10 Å². The van der Waals surface area contributed by atoms with E-state index in [1.54, 1.807) is 12.1 Å². The molecule has 0 bridgehead atoms. The fraction of sp³-hybridized carbons (Fsp3) is 0.294. The summed E-state index contributed by atoms with van der Waals surface area (Å²) in [6.45, 7) is 3.95. The Bertz CT molecular complexity index is 561. The van der Waals surface area contributed by atoms with Crippen LogP contribution in [0, 0.1) is 5.82 Å². The predicted octanol–water partition coefficient (Wildman–Crippen LogP) is 4.47. The molecule has 0 spiro atoms. The van der Waals surface area contributed by atoms with Gasteiger partial charge in [-0.25, -0.2) is 4.39 Å². The van der Waals surface area contributed by atoms with Gasteiger partial charge in [-0.2, -0.15) is 0 Å². The highest BCUT2D eigenvalue weighted by atomic mass is 79.9. The van der Waals surface area contributed by atoms with Gasteiger partial charge in [0, 0.05) is 9.89 Å². The molecular formula is C17H18BrFO. The van der Waals surface area contributed by atoms with Crippen LogP contribution in [0.25, 0.3) is 0 Å². The van der Waals surface area contributed by atoms with Crippen LogP contribution < -0.4 is 0 Å². The minimum Gasteiger partial charge on any atom is -0.392 e. The van der Waals surface area contributed by atoms with E-state index in [-0.39, 0.29) is 5.82 Å². The number of hydrogen-bond donors (Lipinski definition) is 1. The van der Waals surface area contributed by atoms with Crippen LogP contribution in [0.4, 0.5) is 4.39 Å². The van der Waals surface area contributed by atoms with E-state index in [1.807, 2.05) is 38.1 Å². The van der Waals surface area contributed by atoms with Crippen molar-refractivity contribution >= 4 is 15.9 Å². The first kappa shape index (κ1) is 15.2. The average molecular weight is 337 g/mol. The number of benzene rings is 2. The number of aliphatic hydroxyl groups excluding tert-OH is 1. The van der Waals surface area contributed by atoms with Crippen molar-refractivity contribution in [3.8, 4) is 0 Å². The predicted molar refractivity (Wildman–Crippen MR) is 83.3 cm³/mol. The molecule has 0 heterocycles. The fourth-order valence-electron chi connectivity index (χ4n) is 2.17. The first-order valence-corrected chi connectivity index (χ1v) is 7.37. The van der Waals surface area contributed by atoms with Gasteiger partial charge in [-0.05, 0) is 41.8 Å². The summed E-state index contributed by atoms with van der Waals surface area (Å²) in [5.41, 5.74) is 1.58. The van der Waals surface area contributed by atoms with Crippen molar-refractivity contribution in [1.29, 1.82) is 0 Å². The van der Waals surface area contributed by atoms with Crippen molar-refractivity contribution in [2.24, 2.45) is 0 Å². The lowest BCUT2D eigenvalue weighted by atomic mass is 9.77. The minimum atomic E-state index is -0.533. The van der Waals surface area contributed by atoms with Gasteiger partial charge in [0.1, 0.15) is 5.82 Å². The molecule has 0 saturated heterocycles. The molecular weight excluding hydrogens is 319 g/mol. The van der Waals surface area contributed by atoms with Crippen LogP contribution in [-0.4, -0.2) is 11.2 Å². The Hall–Kier alpha value is -1.19. The third-order valence-electron chi connectivity index (χ3n) is 3.76. The SMILES string of the molecule is CC(C)(c1ccc(F)cc1)C(O)Cc1ccc(Br)cc1. The maximum atomic E-state index is 13.0. The summed E-state index contributed by atoms with van der Waals surface area (Å²) < 4.78 is 14.0. The van der Waals surface area contributed by atoms with Gasteiger partial charge in [0.25, 0.3) is 0 Å². The second-order valence-electron chi connectivity index (χ2n) is 5.57. The zero-order valence-corrected chi connectivity index (χ0v) is 13.2. The van der Waals surface area contributed by atoms with Crippen LogP contribution in [0.2, 0.25) is 0 Å². The van der Waals surface area contributed by atoms with Gasteiger partial charge in [0.15, 0.2) is 0 Å². The lowest BCUT2D eigenvalue weighted by Crippen LogP contribution is -2.35. The molecule has 1 nitrogen and oxygen atoms in total. The Morgan fingerprint density at radius 1 is 1.05 bits per heavy atom. The summed E-state index contributed by atoms with van der Waals surface area (Å²) in [5.74, 6) is -0.257. The number of hydrogen-bond acceptors (Lipinski definition) is 1. The molecule has 2 rings (SSSR count). The molecule has 0 radical (unpaired) electrons. The monoisotopic (exact) mass is 336 g/mol. The van der Waals surface area contributed by atoms with Crippen LogP contribution in [0.15, 0.2) is 53.0 Å². The standard InChI is InChI=1S/C17H18BrFO/c1-17(2,13-5-9-15(19)10-6-13)16(20)11-12-3-7-14(18)8-4-12/h3-10,16,20H,11H2,1-2H3. The summed E-state index contributed by atoms with van der Waals surface area (Å²) in [6.07, 6.45) is 0.0339. The second kappa shape index (κ2) is 6.06. The van der Waals surface area contributed by atoms with Crippen molar-refractivity contribution in [3.63, 3.8) is 0 Å². The minimum absolute atomic E-state index is 0.257. The first-order valence-electron chi connectivity index (χ1n) is 6.58. The molecule has 0 aliphatic rings. The van der Waals surface area contributed by atoms with Gasteiger partial charge in [-0.3, -0.25) is 0 Å². The summed E-state index contributed by atoms with van der Waals surface area (Å²) >= 11 is 3.40. The van der Waals surface area contributed by atoms with E-state index in [2.05, 4.69) is 15.9 Å². The van der Waals surface area contributed by atoms with Crippen LogP contribution in [0.5, 0.6) is 0 Å². The molecule has 0 fully saturated rings. The van der Waals surface area contributed by atoms with Crippen molar-refractivity contribution in [3.05, 3.63) is 69.9 Å². The summed E-state index contributed by atoms with van der Waals surface area (Å²) in [6, 6.07) is 14.3. The number of rotatable bonds is 4. The molecule has 0 amide bonds. The zero-order chi connectivity index (χ0) is 14.8. The molecule has 0 saturated carbocycles. The highest BCUT2D eigenvalue weighted by Crippen LogP contribution is 2.29. The summed E-state index contributed by atoms with van der Waals surface area (Å²) in [7, 11) is 0. The lowest BCUT2D eigenvalue weighted by Gasteiger charge is -2.31.